The average molecular weight is 334 g/mol. The molecule has 0 heterocycles. The monoisotopic (exact) mass is 334 g/mol. The van der Waals surface area contributed by atoms with Crippen LogP contribution in [0.15, 0.2) is 12.2 Å². The molecule has 9 heteroatoms. The van der Waals surface area contributed by atoms with E-state index in [4.69, 9.17) is 4.74 Å². The maximum Gasteiger partial charge on any atom is 0.426 e. The zero-order valence-corrected chi connectivity index (χ0v) is 11.7. The van der Waals surface area contributed by atoms with Gasteiger partial charge in [-0.3, -0.25) is 0 Å². The molecule has 2 atom stereocenters. The van der Waals surface area contributed by atoms with Crippen LogP contribution in [0.3, 0.4) is 0 Å². The molecule has 0 aromatic heterocycles. The van der Waals surface area contributed by atoms with E-state index in [0.717, 1.165) is 0 Å². The number of carbonyl (C=O) groups is 1. The molecule has 0 saturated heterocycles. The summed E-state index contributed by atoms with van der Waals surface area (Å²) in [7, 11) is 0. The first-order valence-electron chi connectivity index (χ1n) is 6.52. The Morgan fingerprint density at radius 1 is 1.18 bits per heavy atom. The van der Waals surface area contributed by atoms with Crippen molar-refractivity contribution in [2.24, 2.45) is 5.92 Å². The first-order chi connectivity index (χ1) is 9.79. The molecule has 0 bridgehead atoms. The van der Waals surface area contributed by atoms with Gasteiger partial charge in [0.05, 0.1) is 0 Å². The summed E-state index contributed by atoms with van der Waals surface area (Å²) in [4.78, 5) is 11.4. The normalized spacial score (nSPS) is 23.5. The lowest BCUT2D eigenvalue weighted by atomic mass is 9.87. The molecule has 0 amide bonds. The molecule has 0 aromatic rings. The summed E-state index contributed by atoms with van der Waals surface area (Å²) in [6.07, 6.45) is -14.0. The highest BCUT2D eigenvalue weighted by Gasteiger charge is 2.70. The fourth-order valence-corrected chi connectivity index (χ4v) is 2.40. The lowest BCUT2D eigenvalue weighted by Gasteiger charge is -2.35. The van der Waals surface area contributed by atoms with Crippen molar-refractivity contribution in [1.82, 2.24) is 0 Å². The van der Waals surface area contributed by atoms with Crippen molar-refractivity contribution in [2.75, 3.05) is 0 Å². The summed E-state index contributed by atoms with van der Waals surface area (Å²) in [5.41, 5.74) is -4.82. The van der Waals surface area contributed by atoms with Crippen molar-refractivity contribution in [3.8, 4) is 0 Å². The third-order valence-electron chi connectivity index (χ3n) is 3.69. The third-order valence-corrected chi connectivity index (χ3v) is 3.69. The number of rotatable bonds is 4. The number of ether oxygens (including phenoxy) is 1. The van der Waals surface area contributed by atoms with Gasteiger partial charge < -0.3 is 9.84 Å². The highest BCUT2D eigenvalue weighted by Crippen LogP contribution is 2.49. The Morgan fingerprint density at radius 3 is 2.09 bits per heavy atom. The van der Waals surface area contributed by atoms with Crippen molar-refractivity contribution < 1.29 is 41.0 Å². The zero-order chi connectivity index (χ0) is 17.3. The summed E-state index contributed by atoms with van der Waals surface area (Å²) in [5.74, 6) is -2.10. The summed E-state index contributed by atoms with van der Waals surface area (Å²) >= 11 is 0. The van der Waals surface area contributed by atoms with Crippen molar-refractivity contribution in [3.63, 3.8) is 0 Å². The number of carbonyl (C=O) groups excluding carboxylic acids is 1. The Kier molecular flexibility index (Phi) is 5.21. The number of hydrogen-bond donors (Lipinski definition) is 1. The van der Waals surface area contributed by atoms with Gasteiger partial charge in [-0.25, -0.2) is 4.79 Å². The third kappa shape index (κ3) is 3.74. The predicted molar refractivity (Wildman–Crippen MR) is 63.7 cm³/mol. The standard InChI is InChI=1S/C13H16F6O3/c1-7(2)10(20)22-9-5-3-4-8(9)6-11(21,12(14,15)16)13(17,18)19/h8-9,21H,1,3-6H2,2H3. The van der Waals surface area contributed by atoms with E-state index >= 15 is 0 Å². The SMILES string of the molecule is C=C(C)C(=O)OC1CCCC1CC(O)(C(F)(F)F)C(F)(F)F. The molecule has 1 aliphatic rings. The molecule has 3 nitrogen and oxygen atoms in total. The van der Waals surface area contributed by atoms with Crippen molar-refractivity contribution in [2.45, 2.75) is 56.7 Å². The van der Waals surface area contributed by atoms with E-state index in [9.17, 15) is 36.2 Å². The molecule has 1 saturated carbocycles. The van der Waals surface area contributed by atoms with Gasteiger partial charge >= 0.3 is 18.3 Å². The van der Waals surface area contributed by atoms with Crippen molar-refractivity contribution in [3.05, 3.63) is 12.2 Å². The van der Waals surface area contributed by atoms with Gasteiger partial charge in [0.25, 0.3) is 5.60 Å². The molecule has 0 aliphatic heterocycles. The van der Waals surface area contributed by atoms with Gasteiger partial charge in [0.2, 0.25) is 0 Å². The Balaban J connectivity index is 2.94. The van der Waals surface area contributed by atoms with Crippen molar-refractivity contribution in [1.29, 1.82) is 0 Å². The van der Waals surface area contributed by atoms with Crippen LogP contribution in [0.25, 0.3) is 0 Å². The van der Waals surface area contributed by atoms with Gasteiger partial charge in [0, 0.05) is 12.0 Å². The lowest BCUT2D eigenvalue weighted by Crippen LogP contribution is -2.58. The minimum Gasteiger partial charge on any atom is -0.459 e. The van der Waals surface area contributed by atoms with Crippen LogP contribution in [-0.4, -0.2) is 35.1 Å². The average Bonchev–Trinajstić information content (AvgIpc) is 2.73. The van der Waals surface area contributed by atoms with Gasteiger partial charge in [-0.2, -0.15) is 26.3 Å². The Hall–Kier alpha value is -1.25. The molecule has 0 spiro atoms. The number of aliphatic hydroxyl groups is 1. The van der Waals surface area contributed by atoms with Crippen LogP contribution in [0, 0.1) is 5.92 Å². The Bertz CT molecular complexity index is 426. The number of esters is 1. The molecule has 1 rings (SSSR count). The largest absolute Gasteiger partial charge is 0.459 e. The fraction of sp³-hybridized carbons (Fsp3) is 0.769. The van der Waals surface area contributed by atoms with Crippen LogP contribution < -0.4 is 0 Å². The van der Waals surface area contributed by atoms with Crippen molar-refractivity contribution >= 4 is 5.97 Å². The molecular formula is C13H16F6O3. The van der Waals surface area contributed by atoms with E-state index in [-0.39, 0.29) is 18.4 Å². The minimum absolute atomic E-state index is 0.00259. The quantitative estimate of drug-likeness (QED) is 0.486. The molecule has 1 fully saturated rings. The number of halogens is 6. The van der Waals surface area contributed by atoms with Crippen LogP contribution in [0.4, 0.5) is 26.3 Å². The van der Waals surface area contributed by atoms with E-state index < -0.39 is 42.4 Å². The second-order valence-electron chi connectivity index (χ2n) is 5.47. The topological polar surface area (TPSA) is 46.5 Å². The van der Waals surface area contributed by atoms with Crippen LogP contribution in [0.5, 0.6) is 0 Å². The van der Waals surface area contributed by atoms with Gasteiger partial charge in [0.1, 0.15) is 6.10 Å². The second kappa shape index (κ2) is 6.10. The highest BCUT2D eigenvalue weighted by atomic mass is 19.4. The second-order valence-corrected chi connectivity index (χ2v) is 5.47. The maximum atomic E-state index is 12.7. The Labute approximate surface area is 122 Å². The number of hydrogen-bond acceptors (Lipinski definition) is 3. The molecular weight excluding hydrogens is 318 g/mol. The summed E-state index contributed by atoms with van der Waals surface area (Å²) in [5, 5.41) is 9.20. The molecule has 0 radical (unpaired) electrons. The van der Waals surface area contributed by atoms with E-state index in [0.29, 0.717) is 6.42 Å². The molecule has 22 heavy (non-hydrogen) atoms. The molecule has 1 N–H and O–H groups in total. The van der Waals surface area contributed by atoms with E-state index in [1.54, 1.807) is 0 Å². The van der Waals surface area contributed by atoms with Crippen LogP contribution in [0.1, 0.15) is 32.6 Å². The van der Waals surface area contributed by atoms with Gasteiger partial charge in [-0.05, 0) is 32.1 Å². The smallest absolute Gasteiger partial charge is 0.426 e. The van der Waals surface area contributed by atoms with E-state index in [1.165, 1.54) is 6.92 Å². The van der Waals surface area contributed by atoms with Gasteiger partial charge in [-0.15, -0.1) is 0 Å². The molecule has 0 aromatic carbocycles. The fourth-order valence-electron chi connectivity index (χ4n) is 2.40. The van der Waals surface area contributed by atoms with E-state index in [2.05, 4.69) is 6.58 Å². The van der Waals surface area contributed by atoms with Crippen LogP contribution in [0.2, 0.25) is 0 Å². The van der Waals surface area contributed by atoms with Gasteiger partial charge in [0.15, 0.2) is 0 Å². The highest BCUT2D eigenvalue weighted by molar-refractivity contribution is 5.87. The summed E-state index contributed by atoms with van der Waals surface area (Å²) in [6, 6.07) is 0. The molecule has 128 valence electrons. The minimum atomic E-state index is -5.86. The van der Waals surface area contributed by atoms with Crippen LogP contribution in [-0.2, 0) is 9.53 Å². The Morgan fingerprint density at radius 2 is 1.68 bits per heavy atom. The predicted octanol–water partition coefficient (Wildman–Crippen LogP) is 3.52. The number of alkyl halides is 6. The lowest BCUT2D eigenvalue weighted by molar-refractivity contribution is -0.373. The first-order valence-corrected chi connectivity index (χ1v) is 6.52. The van der Waals surface area contributed by atoms with E-state index in [1.807, 2.05) is 0 Å². The zero-order valence-electron chi connectivity index (χ0n) is 11.7. The van der Waals surface area contributed by atoms with Gasteiger partial charge in [-0.1, -0.05) is 6.58 Å². The molecule has 1 aliphatic carbocycles. The first kappa shape index (κ1) is 18.8. The maximum absolute atomic E-state index is 12.7. The summed E-state index contributed by atoms with van der Waals surface area (Å²) in [6.45, 7) is 4.60. The van der Waals surface area contributed by atoms with Crippen LogP contribution >= 0.6 is 0 Å². The molecule has 2 unspecified atom stereocenters. The summed E-state index contributed by atoms with van der Waals surface area (Å²) < 4.78 is 81.0.